The van der Waals surface area contributed by atoms with Crippen LogP contribution in [0.4, 0.5) is 17.1 Å². The predicted octanol–water partition coefficient (Wildman–Crippen LogP) is 3.06. The molecule has 1 fully saturated rings. The molecule has 0 radical (unpaired) electrons. The Balaban J connectivity index is 1.72. The van der Waals surface area contributed by atoms with E-state index in [2.05, 4.69) is 61.9 Å². The molecule has 0 saturated carbocycles. The van der Waals surface area contributed by atoms with Crippen molar-refractivity contribution in [1.82, 2.24) is 4.98 Å². The SMILES string of the molecule is Cc1ccc(N2CCN(c3c(N)cncc3Br)CC2)cc1. The molecule has 0 unspecified atom stereocenters. The van der Waals surface area contributed by atoms with Gasteiger partial charge in [-0.05, 0) is 35.0 Å². The molecule has 1 aliphatic heterocycles. The second kappa shape index (κ2) is 5.93. The van der Waals surface area contributed by atoms with Gasteiger partial charge < -0.3 is 15.5 Å². The van der Waals surface area contributed by atoms with Crippen molar-refractivity contribution in [2.45, 2.75) is 6.92 Å². The van der Waals surface area contributed by atoms with Crippen molar-refractivity contribution in [1.29, 1.82) is 0 Å². The van der Waals surface area contributed by atoms with Crippen LogP contribution >= 0.6 is 15.9 Å². The zero-order chi connectivity index (χ0) is 14.8. The van der Waals surface area contributed by atoms with Crippen LogP contribution in [0.1, 0.15) is 5.56 Å². The minimum atomic E-state index is 0.730. The first-order chi connectivity index (χ1) is 10.1. The van der Waals surface area contributed by atoms with E-state index in [1.54, 1.807) is 12.4 Å². The molecule has 0 aliphatic carbocycles. The summed E-state index contributed by atoms with van der Waals surface area (Å²) in [5.74, 6) is 0. The molecule has 0 spiro atoms. The number of nitrogens with two attached hydrogens (primary N) is 1. The number of hydrogen-bond donors (Lipinski definition) is 1. The van der Waals surface area contributed by atoms with Crippen LogP contribution in [-0.2, 0) is 0 Å². The summed E-state index contributed by atoms with van der Waals surface area (Å²) < 4.78 is 0.964. The lowest BCUT2D eigenvalue weighted by atomic mass is 10.2. The summed E-state index contributed by atoms with van der Waals surface area (Å²) in [6.45, 7) is 6.03. The largest absolute Gasteiger partial charge is 0.396 e. The number of piperazine rings is 1. The molecule has 0 amide bonds. The summed E-state index contributed by atoms with van der Waals surface area (Å²) in [6, 6.07) is 8.72. The first-order valence-electron chi connectivity index (χ1n) is 7.10. The van der Waals surface area contributed by atoms with E-state index < -0.39 is 0 Å². The van der Waals surface area contributed by atoms with Gasteiger partial charge in [-0.3, -0.25) is 4.98 Å². The van der Waals surface area contributed by atoms with Gasteiger partial charge in [0, 0.05) is 38.1 Å². The first kappa shape index (κ1) is 14.2. The zero-order valence-electron chi connectivity index (χ0n) is 12.1. The Bertz CT molecular complexity index is 598. The number of halogens is 1. The standard InChI is InChI=1S/C16H19BrN4/c1-12-2-4-13(5-3-12)20-6-8-21(9-7-20)16-14(17)10-19-11-15(16)18/h2-5,10-11H,6-9,18H2,1H3. The number of anilines is 3. The normalized spacial score (nSPS) is 15.3. The average Bonchev–Trinajstić information content (AvgIpc) is 2.49. The Morgan fingerprint density at radius 2 is 1.62 bits per heavy atom. The highest BCUT2D eigenvalue weighted by Gasteiger charge is 2.20. The van der Waals surface area contributed by atoms with E-state index in [0.29, 0.717) is 0 Å². The van der Waals surface area contributed by atoms with Crippen LogP contribution in [0.25, 0.3) is 0 Å². The molecule has 3 rings (SSSR count). The van der Waals surface area contributed by atoms with Gasteiger partial charge in [0.2, 0.25) is 0 Å². The van der Waals surface area contributed by atoms with Crippen molar-refractivity contribution in [2.75, 3.05) is 41.7 Å². The number of aromatic nitrogens is 1. The molecule has 2 aromatic rings. The minimum absolute atomic E-state index is 0.730. The first-order valence-corrected chi connectivity index (χ1v) is 7.90. The maximum Gasteiger partial charge on any atom is 0.0777 e. The highest BCUT2D eigenvalue weighted by molar-refractivity contribution is 9.10. The van der Waals surface area contributed by atoms with E-state index in [-0.39, 0.29) is 0 Å². The summed E-state index contributed by atoms with van der Waals surface area (Å²) in [5.41, 5.74) is 10.5. The maximum absolute atomic E-state index is 6.07. The molecule has 110 valence electrons. The third-order valence-corrected chi connectivity index (χ3v) is 4.48. The van der Waals surface area contributed by atoms with Crippen LogP contribution in [0.3, 0.4) is 0 Å². The molecule has 1 saturated heterocycles. The molecular formula is C16H19BrN4. The number of hydrogen-bond acceptors (Lipinski definition) is 4. The van der Waals surface area contributed by atoms with Crippen LogP contribution < -0.4 is 15.5 Å². The second-order valence-corrected chi connectivity index (χ2v) is 6.22. The summed E-state index contributed by atoms with van der Waals surface area (Å²) in [5, 5.41) is 0. The Hall–Kier alpha value is -1.75. The van der Waals surface area contributed by atoms with Crippen molar-refractivity contribution >= 4 is 33.0 Å². The van der Waals surface area contributed by atoms with Crippen LogP contribution in [0.2, 0.25) is 0 Å². The topological polar surface area (TPSA) is 45.4 Å². The van der Waals surface area contributed by atoms with Gasteiger partial charge in [0.15, 0.2) is 0 Å². The number of nitrogens with zero attached hydrogens (tertiary/aromatic N) is 3. The Morgan fingerprint density at radius 1 is 1.00 bits per heavy atom. The van der Waals surface area contributed by atoms with Crippen molar-refractivity contribution in [3.63, 3.8) is 0 Å². The highest BCUT2D eigenvalue weighted by atomic mass is 79.9. The molecule has 4 nitrogen and oxygen atoms in total. The fourth-order valence-electron chi connectivity index (χ4n) is 2.72. The van der Waals surface area contributed by atoms with Crippen molar-refractivity contribution < 1.29 is 0 Å². The van der Waals surface area contributed by atoms with Crippen molar-refractivity contribution in [2.24, 2.45) is 0 Å². The lowest BCUT2D eigenvalue weighted by Gasteiger charge is -2.38. The van der Waals surface area contributed by atoms with E-state index in [9.17, 15) is 0 Å². The summed E-state index contributed by atoms with van der Waals surface area (Å²) in [6.07, 6.45) is 3.52. The monoisotopic (exact) mass is 346 g/mol. The molecule has 1 aliphatic rings. The number of pyridine rings is 1. The molecule has 21 heavy (non-hydrogen) atoms. The summed E-state index contributed by atoms with van der Waals surface area (Å²) in [7, 11) is 0. The maximum atomic E-state index is 6.07. The molecule has 1 aromatic carbocycles. The van der Waals surface area contributed by atoms with Crippen molar-refractivity contribution in [3.05, 3.63) is 46.7 Å². The highest BCUT2D eigenvalue weighted by Crippen LogP contribution is 2.32. The van der Waals surface area contributed by atoms with E-state index in [4.69, 9.17) is 5.73 Å². The summed E-state index contributed by atoms with van der Waals surface area (Å²) >= 11 is 3.55. The van der Waals surface area contributed by atoms with Gasteiger partial charge in [0.25, 0.3) is 0 Å². The molecule has 2 N–H and O–H groups in total. The third kappa shape index (κ3) is 2.97. The predicted molar refractivity (Wildman–Crippen MR) is 92.0 cm³/mol. The molecule has 1 aromatic heterocycles. The second-order valence-electron chi connectivity index (χ2n) is 5.37. The molecule has 5 heteroatoms. The Kier molecular flexibility index (Phi) is 4.01. The van der Waals surface area contributed by atoms with Crippen LogP contribution in [0.5, 0.6) is 0 Å². The van der Waals surface area contributed by atoms with Gasteiger partial charge >= 0.3 is 0 Å². The van der Waals surface area contributed by atoms with E-state index in [0.717, 1.165) is 42.0 Å². The molecular weight excluding hydrogens is 328 g/mol. The van der Waals surface area contributed by atoms with Crippen LogP contribution in [-0.4, -0.2) is 31.2 Å². The van der Waals surface area contributed by atoms with Gasteiger partial charge in [-0.15, -0.1) is 0 Å². The number of benzene rings is 1. The Morgan fingerprint density at radius 3 is 2.24 bits per heavy atom. The zero-order valence-corrected chi connectivity index (χ0v) is 13.7. The average molecular weight is 347 g/mol. The molecule has 0 bridgehead atoms. The van der Waals surface area contributed by atoms with Crippen LogP contribution in [0.15, 0.2) is 41.1 Å². The fourth-order valence-corrected chi connectivity index (χ4v) is 3.32. The quantitative estimate of drug-likeness (QED) is 0.907. The van der Waals surface area contributed by atoms with Gasteiger partial charge in [0.1, 0.15) is 0 Å². The van der Waals surface area contributed by atoms with E-state index >= 15 is 0 Å². The fraction of sp³-hybridized carbons (Fsp3) is 0.312. The summed E-state index contributed by atoms with van der Waals surface area (Å²) in [4.78, 5) is 8.84. The lowest BCUT2D eigenvalue weighted by molar-refractivity contribution is 0.653. The minimum Gasteiger partial charge on any atom is -0.396 e. The third-order valence-electron chi connectivity index (χ3n) is 3.90. The number of nitrogen functional groups attached to an aromatic ring is 1. The molecule has 0 atom stereocenters. The van der Waals surface area contributed by atoms with Gasteiger partial charge in [-0.1, -0.05) is 17.7 Å². The van der Waals surface area contributed by atoms with Gasteiger partial charge in [0.05, 0.1) is 22.0 Å². The lowest BCUT2D eigenvalue weighted by Crippen LogP contribution is -2.46. The van der Waals surface area contributed by atoms with E-state index in [1.807, 2.05) is 0 Å². The smallest absolute Gasteiger partial charge is 0.0777 e. The van der Waals surface area contributed by atoms with Gasteiger partial charge in [-0.25, -0.2) is 0 Å². The van der Waals surface area contributed by atoms with E-state index in [1.165, 1.54) is 11.3 Å². The van der Waals surface area contributed by atoms with Crippen molar-refractivity contribution in [3.8, 4) is 0 Å². The number of rotatable bonds is 2. The Labute approximate surface area is 133 Å². The van der Waals surface area contributed by atoms with Gasteiger partial charge in [-0.2, -0.15) is 0 Å². The van der Waals surface area contributed by atoms with Crippen LogP contribution in [0, 0.1) is 6.92 Å². The molecule has 2 heterocycles. The number of aryl methyl sites for hydroxylation is 1.